The topological polar surface area (TPSA) is 55.1 Å². The Labute approximate surface area is 125 Å². The van der Waals surface area contributed by atoms with Crippen molar-refractivity contribution in [3.05, 3.63) is 64.2 Å². The summed E-state index contributed by atoms with van der Waals surface area (Å²) in [6, 6.07) is 12.2. The maximum Gasteiger partial charge on any atom is 0.224 e. The van der Waals surface area contributed by atoms with E-state index in [1.165, 1.54) is 22.3 Å². The minimum Gasteiger partial charge on any atom is -0.326 e. The molecule has 1 amide bonds. The van der Waals surface area contributed by atoms with Crippen molar-refractivity contribution in [2.45, 2.75) is 32.7 Å². The fourth-order valence-electron chi connectivity index (χ4n) is 3.08. The highest BCUT2D eigenvalue weighted by Crippen LogP contribution is 2.30. The van der Waals surface area contributed by atoms with Crippen LogP contribution in [-0.4, -0.2) is 5.91 Å². The van der Waals surface area contributed by atoms with E-state index >= 15 is 0 Å². The van der Waals surface area contributed by atoms with Gasteiger partial charge in [0, 0.05) is 12.1 Å². The van der Waals surface area contributed by atoms with Crippen LogP contribution in [0.15, 0.2) is 36.4 Å². The standard InChI is InChI=1S/C18H20N2O/c1-11-4-3-5-12(2)17(11)18(19)14-6-8-15-13(10-14)7-9-16(21)20-15/h3-6,8,10,18H,7,9,19H2,1-2H3,(H,20,21). The monoisotopic (exact) mass is 280 g/mol. The molecule has 1 unspecified atom stereocenters. The largest absolute Gasteiger partial charge is 0.326 e. The van der Waals surface area contributed by atoms with Gasteiger partial charge in [0.2, 0.25) is 5.91 Å². The summed E-state index contributed by atoms with van der Waals surface area (Å²) in [5.74, 6) is 0.0919. The fourth-order valence-corrected chi connectivity index (χ4v) is 3.08. The molecule has 21 heavy (non-hydrogen) atoms. The summed E-state index contributed by atoms with van der Waals surface area (Å²) < 4.78 is 0. The Morgan fingerprint density at radius 1 is 1.10 bits per heavy atom. The van der Waals surface area contributed by atoms with Gasteiger partial charge in [-0.1, -0.05) is 30.3 Å². The van der Waals surface area contributed by atoms with Crippen LogP contribution in [0.3, 0.4) is 0 Å². The Hall–Kier alpha value is -2.13. The van der Waals surface area contributed by atoms with Crippen LogP contribution in [0, 0.1) is 13.8 Å². The van der Waals surface area contributed by atoms with E-state index in [0.717, 1.165) is 17.7 Å². The van der Waals surface area contributed by atoms with Crippen LogP contribution in [-0.2, 0) is 11.2 Å². The second-order valence-corrected chi connectivity index (χ2v) is 5.75. The van der Waals surface area contributed by atoms with E-state index in [1.807, 2.05) is 12.1 Å². The molecule has 3 N–H and O–H groups in total. The van der Waals surface area contributed by atoms with Gasteiger partial charge in [0.25, 0.3) is 0 Å². The molecule has 0 fully saturated rings. The number of aryl methyl sites for hydroxylation is 3. The van der Waals surface area contributed by atoms with Gasteiger partial charge in [0.05, 0.1) is 6.04 Å². The van der Waals surface area contributed by atoms with Crippen molar-refractivity contribution in [1.29, 1.82) is 0 Å². The maximum absolute atomic E-state index is 11.4. The molecule has 3 nitrogen and oxygen atoms in total. The van der Waals surface area contributed by atoms with E-state index < -0.39 is 0 Å². The minimum atomic E-state index is -0.130. The van der Waals surface area contributed by atoms with E-state index in [2.05, 4.69) is 43.4 Å². The Kier molecular flexibility index (Phi) is 3.52. The van der Waals surface area contributed by atoms with Gasteiger partial charge in [-0.15, -0.1) is 0 Å². The molecule has 1 aliphatic heterocycles. The van der Waals surface area contributed by atoms with Crippen molar-refractivity contribution in [3.63, 3.8) is 0 Å². The number of hydrogen-bond acceptors (Lipinski definition) is 2. The molecule has 3 heteroatoms. The van der Waals surface area contributed by atoms with Crippen LogP contribution in [0.25, 0.3) is 0 Å². The fraction of sp³-hybridized carbons (Fsp3) is 0.278. The average Bonchev–Trinajstić information content (AvgIpc) is 2.46. The zero-order valence-electron chi connectivity index (χ0n) is 12.4. The van der Waals surface area contributed by atoms with Crippen LogP contribution < -0.4 is 11.1 Å². The van der Waals surface area contributed by atoms with Gasteiger partial charge in [0.15, 0.2) is 0 Å². The summed E-state index contributed by atoms with van der Waals surface area (Å²) in [5.41, 5.74) is 13.3. The van der Waals surface area contributed by atoms with Crippen molar-refractivity contribution in [1.82, 2.24) is 0 Å². The van der Waals surface area contributed by atoms with E-state index in [4.69, 9.17) is 5.73 Å². The molecule has 0 bridgehead atoms. The molecule has 1 heterocycles. The first-order valence-electron chi connectivity index (χ1n) is 7.30. The van der Waals surface area contributed by atoms with E-state index in [0.29, 0.717) is 6.42 Å². The SMILES string of the molecule is Cc1cccc(C)c1C(N)c1ccc2c(c1)CCC(=O)N2. The molecule has 2 aromatic rings. The average molecular weight is 280 g/mol. The first kappa shape index (κ1) is 13.8. The second-order valence-electron chi connectivity index (χ2n) is 5.75. The van der Waals surface area contributed by atoms with Gasteiger partial charge in [-0.25, -0.2) is 0 Å². The zero-order valence-corrected chi connectivity index (χ0v) is 12.4. The first-order chi connectivity index (χ1) is 10.1. The number of carbonyl (C=O) groups excluding carboxylic acids is 1. The van der Waals surface area contributed by atoms with E-state index in [1.54, 1.807) is 0 Å². The Balaban J connectivity index is 1.99. The van der Waals surface area contributed by atoms with Crippen molar-refractivity contribution in [2.75, 3.05) is 5.32 Å². The number of amides is 1. The van der Waals surface area contributed by atoms with Crippen molar-refractivity contribution in [3.8, 4) is 0 Å². The van der Waals surface area contributed by atoms with Crippen molar-refractivity contribution in [2.24, 2.45) is 5.73 Å². The summed E-state index contributed by atoms with van der Waals surface area (Å²) in [6.45, 7) is 4.20. The highest BCUT2D eigenvalue weighted by atomic mass is 16.1. The Bertz CT molecular complexity index is 686. The number of anilines is 1. The summed E-state index contributed by atoms with van der Waals surface area (Å²) in [7, 11) is 0. The number of nitrogens with two attached hydrogens (primary N) is 1. The lowest BCUT2D eigenvalue weighted by atomic mass is 9.90. The third kappa shape index (κ3) is 2.57. The predicted molar refractivity (Wildman–Crippen MR) is 85.3 cm³/mol. The molecule has 0 radical (unpaired) electrons. The maximum atomic E-state index is 11.4. The molecule has 1 atom stereocenters. The molecular formula is C18H20N2O. The number of nitrogens with one attached hydrogen (secondary N) is 1. The lowest BCUT2D eigenvalue weighted by Crippen LogP contribution is -2.20. The van der Waals surface area contributed by atoms with Gasteiger partial charge in [-0.05, 0) is 54.2 Å². The summed E-state index contributed by atoms with van der Waals surface area (Å²) in [5, 5.41) is 2.91. The lowest BCUT2D eigenvalue weighted by molar-refractivity contribution is -0.116. The van der Waals surface area contributed by atoms with E-state index in [9.17, 15) is 4.79 Å². The van der Waals surface area contributed by atoms with Gasteiger partial charge in [-0.3, -0.25) is 4.79 Å². The van der Waals surface area contributed by atoms with Gasteiger partial charge < -0.3 is 11.1 Å². The summed E-state index contributed by atoms with van der Waals surface area (Å²) in [6.07, 6.45) is 1.34. The summed E-state index contributed by atoms with van der Waals surface area (Å²) in [4.78, 5) is 11.4. The van der Waals surface area contributed by atoms with Crippen molar-refractivity contribution < 1.29 is 4.79 Å². The van der Waals surface area contributed by atoms with Crippen LogP contribution in [0.4, 0.5) is 5.69 Å². The van der Waals surface area contributed by atoms with Gasteiger partial charge in [0.1, 0.15) is 0 Å². The molecule has 0 aromatic heterocycles. The van der Waals surface area contributed by atoms with Crippen LogP contribution >= 0.6 is 0 Å². The Morgan fingerprint density at radius 3 is 2.52 bits per heavy atom. The van der Waals surface area contributed by atoms with Gasteiger partial charge in [-0.2, -0.15) is 0 Å². The molecule has 1 aliphatic rings. The molecule has 0 saturated carbocycles. The molecule has 2 aromatic carbocycles. The van der Waals surface area contributed by atoms with Crippen LogP contribution in [0.1, 0.15) is 40.3 Å². The van der Waals surface area contributed by atoms with E-state index in [-0.39, 0.29) is 11.9 Å². The smallest absolute Gasteiger partial charge is 0.224 e. The third-order valence-electron chi connectivity index (χ3n) is 4.24. The summed E-state index contributed by atoms with van der Waals surface area (Å²) >= 11 is 0. The first-order valence-corrected chi connectivity index (χ1v) is 7.30. The third-order valence-corrected chi connectivity index (χ3v) is 4.24. The molecular weight excluding hydrogens is 260 g/mol. The van der Waals surface area contributed by atoms with Crippen LogP contribution in [0.5, 0.6) is 0 Å². The number of hydrogen-bond donors (Lipinski definition) is 2. The lowest BCUT2D eigenvalue weighted by Gasteiger charge is -2.22. The number of rotatable bonds is 2. The molecule has 0 saturated heterocycles. The second kappa shape index (κ2) is 5.34. The van der Waals surface area contributed by atoms with Crippen LogP contribution in [0.2, 0.25) is 0 Å². The predicted octanol–water partition coefficient (Wildman–Crippen LogP) is 3.24. The minimum absolute atomic E-state index is 0.0919. The molecule has 3 rings (SSSR count). The molecule has 0 aliphatic carbocycles. The zero-order chi connectivity index (χ0) is 15.0. The Morgan fingerprint density at radius 2 is 1.81 bits per heavy atom. The molecule has 108 valence electrons. The molecule has 0 spiro atoms. The highest BCUT2D eigenvalue weighted by Gasteiger charge is 2.18. The van der Waals surface area contributed by atoms with Crippen molar-refractivity contribution >= 4 is 11.6 Å². The number of carbonyl (C=O) groups is 1. The highest BCUT2D eigenvalue weighted by molar-refractivity contribution is 5.93. The van der Waals surface area contributed by atoms with Gasteiger partial charge >= 0.3 is 0 Å². The number of fused-ring (bicyclic) bond motifs is 1. The quantitative estimate of drug-likeness (QED) is 0.887. The normalized spacial score (nSPS) is 15.3. The number of benzene rings is 2.